The number of carbonyl (C=O) groups is 2. The second-order valence-electron chi connectivity index (χ2n) is 6.00. The molecule has 0 saturated carbocycles. The predicted octanol–water partition coefficient (Wildman–Crippen LogP) is 2.47. The van der Waals surface area contributed by atoms with Crippen molar-refractivity contribution in [2.24, 2.45) is 0 Å². The molecule has 0 aromatic heterocycles. The lowest BCUT2D eigenvalue weighted by molar-refractivity contribution is -0.121. The fourth-order valence-electron chi connectivity index (χ4n) is 3.01. The molecule has 0 saturated heterocycles. The summed E-state index contributed by atoms with van der Waals surface area (Å²) in [6, 6.07) is 11.3. The molecule has 3 rings (SSSR count). The number of rotatable bonds is 5. The molecule has 2 N–H and O–H groups in total. The van der Waals surface area contributed by atoms with Crippen LogP contribution in [0.15, 0.2) is 42.5 Å². The third-order valence-electron chi connectivity index (χ3n) is 4.30. The first-order chi connectivity index (χ1) is 12.5. The summed E-state index contributed by atoms with van der Waals surface area (Å²) in [6.45, 7) is 1.67. The minimum atomic E-state index is -0.441. The van der Waals surface area contributed by atoms with Crippen molar-refractivity contribution in [1.82, 2.24) is 5.32 Å². The Hall–Kier alpha value is -2.93. The number of ether oxygens (including phenoxy) is 1. The van der Waals surface area contributed by atoms with E-state index in [1.165, 1.54) is 18.1 Å². The van der Waals surface area contributed by atoms with Crippen molar-refractivity contribution in [3.63, 3.8) is 0 Å². The smallest absolute Gasteiger partial charge is 0.244 e. The largest absolute Gasteiger partial charge is 0.496 e. The van der Waals surface area contributed by atoms with Gasteiger partial charge >= 0.3 is 0 Å². The molecule has 0 bridgehead atoms. The lowest BCUT2D eigenvalue weighted by Crippen LogP contribution is -2.46. The third kappa shape index (κ3) is 3.52. The van der Waals surface area contributed by atoms with E-state index in [0.717, 1.165) is 0 Å². The van der Waals surface area contributed by atoms with Crippen molar-refractivity contribution in [1.29, 1.82) is 0 Å². The third-order valence-corrected chi connectivity index (χ3v) is 4.30. The van der Waals surface area contributed by atoms with Crippen LogP contribution in [0, 0.1) is 5.82 Å². The molecule has 1 heterocycles. The second-order valence-corrected chi connectivity index (χ2v) is 6.00. The van der Waals surface area contributed by atoms with Crippen molar-refractivity contribution in [2.75, 3.05) is 30.4 Å². The molecule has 6 nitrogen and oxygen atoms in total. The number of amides is 2. The summed E-state index contributed by atoms with van der Waals surface area (Å²) < 4.78 is 19.3. The normalized spacial score (nSPS) is 14.4. The van der Waals surface area contributed by atoms with Gasteiger partial charge in [0.05, 0.1) is 25.0 Å². The highest BCUT2D eigenvalue weighted by Crippen LogP contribution is 2.30. The molecule has 1 aliphatic heterocycles. The molecule has 26 heavy (non-hydrogen) atoms. The van der Waals surface area contributed by atoms with E-state index in [-0.39, 0.29) is 24.9 Å². The summed E-state index contributed by atoms with van der Waals surface area (Å²) in [5, 5.41) is 5.75. The van der Waals surface area contributed by atoms with Crippen LogP contribution in [-0.2, 0) is 9.59 Å². The van der Waals surface area contributed by atoms with Crippen LogP contribution in [0.5, 0.6) is 5.75 Å². The summed E-state index contributed by atoms with van der Waals surface area (Å²) in [5.74, 6) is -0.505. The van der Waals surface area contributed by atoms with Crippen LogP contribution in [0.1, 0.15) is 18.5 Å². The van der Waals surface area contributed by atoms with Gasteiger partial charge in [-0.1, -0.05) is 18.2 Å². The molecular weight excluding hydrogens is 337 g/mol. The highest BCUT2D eigenvalue weighted by atomic mass is 19.1. The highest BCUT2D eigenvalue weighted by Gasteiger charge is 2.27. The van der Waals surface area contributed by atoms with Gasteiger partial charge in [0.1, 0.15) is 18.1 Å². The number of carbonyl (C=O) groups excluding carboxylic acids is 2. The molecule has 7 heteroatoms. The predicted molar refractivity (Wildman–Crippen MR) is 96.8 cm³/mol. The number of methoxy groups -OCH3 is 1. The summed E-state index contributed by atoms with van der Waals surface area (Å²) in [7, 11) is 1.47. The van der Waals surface area contributed by atoms with Gasteiger partial charge in [0.2, 0.25) is 11.8 Å². The molecule has 0 spiro atoms. The maximum Gasteiger partial charge on any atom is 0.244 e. The monoisotopic (exact) mass is 357 g/mol. The first-order valence-electron chi connectivity index (χ1n) is 8.26. The Bertz CT molecular complexity index is 841. The highest BCUT2D eigenvalue weighted by molar-refractivity contribution is 6.10. The molecular formula is C19H20FN3O3. The number of hydrogen-bond donors (Lipinski definition) is 2. The maximum absolute atomic E-state index is 14.1. The summed E-state index contributed by atoms with van der Waals surface area (Å²) in [4.78, 5) is 25.9. The molecule has 136 valence electrons. The van der Waals surface area contributed by atoms with Crippen LogP contribution in [0.3, 0.4) is 0 Å². The number of benzene rings is 2. The Labute approximate surface area is 150 Å². The molecule has 0 radical (unpaired) electrons. The number of hydrogen-bond acceptors (Lipinski definition) is 4. The number of halogens is 1. The van der Waals surface area contributed by atoms with E-state index in [4.69, 9.17) is 4.74 Å². The van der Waals surface area contributed by atoms with E-state index in [0.29, 0.717) is 22.7 Å². The first-order valence-corrected chi connectivity index (χ1v) is 8.26. The molecule has 1 atom stereocenters. The average molecular weight is 357 g/mol. The van der Waals surface area contributed by atoms with Gasteiger partial charge in [-0.15, -0.1) is 0 Å². The standard InChI is InChI=1S/C19H20FN3O3/c1-12(19-13(20)6-5-9-16(19)26-2)21-10-18(25)23-11-17(24)22-14-7-3-4-8-15(14)23/h3-9,12,21H,10-11H2,1-2H3,(H,22,24). The van der Waals surface area contributed by atoms with Gasteiger partial charge in [0, 0.05) is 11.6 Å². The van der Waals surface area contributed by atoms with E-state index >= 15 is 0 Å². The zero-order valence-corrected chi connectivity index (χ0v) is 14.6. The Balaban J connectivity index is 1.73. The zero-order valence-electron chi connectivity index (χ0n) is 14.6. The Morgan fingerprint density at radius 1 is 1.31 bits per heavy atom. The van der Waals surface area contributed by atoms with Crippen molar-refractivity contribution in [3.05, 3.63) is 53.8 Å². The number of fused-ring (bicyclic) bond motifs is 1. The van der Waals surface area contributed by atoms with Crippen LogP contribution in [0.2, 0.25) is 0 Å². The molecule has 2 amide bonds. The Kier molecular flexibility index (Phi) is 5.18. The molecule has 2 aromatic carbocycles. The lowest BCUT2D eigenvalue weighted by Gasteiger charge is -2.29. The summed E-state index contributed by atoms with van der Waals surface area (Å²) in [6.07, 6.45) is 0. The molecule has 1 aliphatic rings. The van der Waals surface area contributed by atoms with Crippen molar-refractivity contribution >= 4 is 23.2 Å². The van der Waals surface area contributed by atoms with E-state index in [9.17, 15) is 14.0 Å². The van der Waals surface area contributed by atoms with Crippen LogP contribution in [-0.4, -0.2) is 32.0 Å². The van der Waals surface area contributed by atoms with Gasteiger partial charge in [-0.05, 0) is 31.2 Å². The quantitative estimate of drug-likeness (QED) is 0.862. The van der Waals surface area contributed by atoms with Gasteiger partial charge in [-0.25, -0.2) is 4.39 Å². The number of para-hydroxylation sites is 2. The summed E-state index contributed by atoms with van der Waals surface area (Å²) >= 11 is 0. The van der Waals surface area contributed by atoms with Crippen LogP contribution in [0.4, 0.5) is 15.8 Å². The van der Waals surface area contributed by atoms with E-state index in [2.05, 4.69) is 10.6 Å². The molecule has 0 fully saturated rings. The second kappa shape index (κ2) is 7.53. The molecule has 1 unspecified atom stereocenters. The van der Waals surface area contributed by atoms with Crippen molar-refractivity contribution < 1.29 is 18.7 Å². The minimum absolute atomic E-state index is 0.0414. The SMILES string of the molecule is COc1cccc(F)c1C(C)NCC(=O)N1CC(=O)Nc2ccccc21. The zero-order chi connectivity index (χ0) is 18.7. The van der Waals surface area contributed by atoms with E-state index in [1.807, 2.05) is 0 Å². The van der Waals surface area contributed by atoms with Gasteiger partial charge < -0.3 is 15.4 Å². The fourth-order valence-corrected chi connectivity index (χ4v) is 3.01. The molecule has 0 aliphatic carbocycles. The van der Waals surface area contributed by atoms with Crippen LogP contribution >= 0.6 is 0 Å². The van der Waals surface area contributed by atoms with E-state index in [1.54, 1.807) is 43.3 Å². The van der Waals surface area contributed by atoms with Gasteiger partial charge in [-0.3, -0.25) is 14.5 Å². The van der Waals surface area contributed by atoms with Gasteiger partial charge in [0.15, 0.2) is 0 Å². The Morgan fingerprint density at radius 3 is 2.85 bits per heavy atom. The Morgan fingerprint density at radius 2 is 2.08 bits per heavy atom. The van der Waals surface area contributed by atoms with Crippen LogP contribution in [0.25, 0.3) is 0 Å². The number of nitrogens with zero attached hydrogens (tertiary/aromatic N) is 1. The van der Waals surface area contributed by atoms with Gasteiger partial charge in [0.25, 0.3) is 0 Å². The lowest BCUT2D eigenvalue weighted by atomic mass is 10.1. The summed E-state index contributed by atoms with van der Waals surface area (Å²) in [5.41, 5.74) is 1.61. The maximum atomic E-state index is 14.1. The van der Waals surface area contributed by atoms with Crippen LogP contribution < -0.4 is 20.3 Å². The topological polar surface area (TPSA) is 70.7 Å². The van der Waals surface area contributed by atoms with Crippen molar-refractivity contribution in [3.8, 4) is 5.75 Å². The average Bonchev–Trinajstić information content (AvgIpc) is 2.64. The number of anilines is 2. The minimum Gasteiger partial charge on any atom is -0.496 e. The van der Waals surface area contributed by atoms with Crippen molar-refractivity contribution in [2.45, 2.75) is 13.0 Å². The first kappa shape index (κ1) is 17.9. The molecule has 2 aromatic rings. The van der Waals surface area contributed by atoms with Gasteiger partial charge in [-0.2, -0.15) is 0 Å². The number of nitrogens with one attached hydrogen (secondary N) is 2. The van der Waals surface area contributed by atoms with E-state index < -0.39 is 11.9 Å². The fraction of sp³-hybridized carbons (Fsp3) is 0.263.